The molecule has 0 bridgehead atoms. The number of ether oxygens (including phenoxy) is 2. The predicted octanol–water partition coefficient (Wildman–Crippen LogP) is 3.20. The first kappa shape index (κ1) is 16.3. The Labute approximate surface area is 143 Å². The van der Waals surface area contributed by atoms with E-state index < -0.39 is 12.1 Å². The van der Waals surface area contributed by atoms with Crippen molar-refractivity contribution in [3.05, 3.63) is 28.6 Å². The Kier molecular flexibility index (Phi) is 4.19. The van der Waals surface area contributed by atoms with Crippen LogP contribution in [0.3, 0.4) is 0 Å². The Morgan fingerprint density at radius 2 is 2.21 bits per heavy atom. The highest BCUT2D eigenvalue weighted by Crippen LogP contribution is 2.41. The summed E-state index contributed by atoms with van der Waals surface area (Å²) in [5, 5.41) is 3.24. The number of amides is 1. The first-order valence-corrected chi connectivity index (χ1v) is 8.42. The summed E-state index contributed by atoms with van der Waals surface area (Å²) < 4.78 is 10.7. The second-order valence-electron chi connectivity index (χ2n) is 5.45. The van der Waals surface area contributed by atoms with Gasteiger partial charge in [0.1, 0.15) is 16.3 Å². The number of hydrogen-bond acceptors (Lipinski definition) is 6. The molecular formula is C17H18N2O4S. The number of anilines is 2. The van der Waals surface area contributed by atoms with Crippen molar-refractivity contribution in [3.8, 4) is 16.9 Å². The van der Waals surface area contributed by atoms with Gasteiger partial charge in [-0.3, -0.25) is 4.79 Å². The number of nitrogens with one attached hydrogen (secondary N) is 1. The van der Waals surface area contributed by atoms with Gasteiger partial charge in [0.25, 0.3) is 5.91 Å². The summed E-state index contributed by atoms with van der Waals surface area (Å²) in [5.41, 5.74) is 8.47. The molecule has 1 aliphatic heterocycles. The van der Waals surface area contributed by atoms with E-state index in [1.54, 1.807) is 26.0 Å². The Morgan fingerprint density at radius 1 is 1.46 bits per heavy atom. The summed E-state index contributed by atoms with van der Waals surface area (Å²) in [4.78, 5) is 25.0. The third-order valence-corrected chi connectivity index (χ3v) is 4.72. The number of thiophene rings is 1. The Bertz CT molecular complexity index is 828. The Hall–Kier alpha value is -2.54. The molecule has 0 saturated carbocycles. The highest BCUT2D eigenvalue weighted by molar-refractivity contribution is 7.16. The predicted molar refractivity (Wildman–Crippen MR) is 93.6 cm³/mol. The van der Waals surface area contributed by atoms with E-state index in [2.05, 4.69) is 5.32 Å². The number of fused-ring (bicyclic) bond motifs is 1. The van der Waals surface area contributed by atoms with Crippen molar-refractivity contribution < 1.29 is 19.1 Å². The highest BCUT2D eigenvalue weighted by atomic mass is 32.1. The Balaban J connectivity index is 2.09. The standard InChI is InChI=1S/C17H18N2O4S/c1-4-22-17(21)14-13(9(3)24-15(14)18)10-5-6-12-11(7-10)19-16(20)8(2)23-12/h5-8H,4,18H2,1-3H3,(H,19,20). The zero-order chi connectivity index (χ0) is 17.4. The third-order valence-electron chi connectivity index (χ3n) is 3.79. The molecule has 1 aromatic heterocycles. The van der Waals surface area contributed by atoms with Crippen molar-refractivity contribution in [2.45, 2.75) is 26.9 Å². The molecule has 0 saturated heterocycles. The van der Waals surface area contributed by atoms with Crippen molar-refractivity contribution >= 4 is 33.9 Å². The van der Waals surface area contributed by atoms with E-state index in [0.717, 1.165) is 16.0 Å². The van der Waals surface area contributed by atoms with Crippen LogP contribution in [-0.4, -0.2) is 24.6 Å². The van der Waals surface area contributed by atoms with Gasteiger partial charge in [-0.25, -0.2) is 4.79 Å². The van der Waals surface area contributed by atoms with Crippen LogP contribution in [0.4, 0.5) is 10.7 Å². The molecule has 1 unspecified atom stereocenters. The van der Waals surface area contributed by atoms with Gasteiger partial charge in [0.15, 0.2) is 6.10 Å². The van der Waals surface area contributed by atoms with E-state index in [1.807, 2.05) is 13.0 Å². The fourth-order valence-electron chi connectivity index (χ4n) is 2.68. The van der Waals surface area contributed by atoms with Crippen LogP contribution in [0, 0.1) is 6.92 Å². The van der Waals surface area contributed by atoms with Crippen molar-refractivity contribution in [3.63, 3.8) is 0 Å². The third kappa shape index (κ3) is 2.71. The summed E-state index contributed by atoms with van der Waals surface area (Å²) in [6.07, 6.45) is -0.531. The maximum absolute atomic E-state index is 12.3. The van der Waals surface area contributed by atoms with Crippen LogP contribution in [0.1, 0.15) is 29.1 Å². The fraction of sp³-hybridized carbons (Fsp3) is 0.294. The van der Waals surface area contributed by atoms with Gasteiger partial charge in [-0.15, -0.1) is 11.3 Å². The lowest BCUT2D eigenvalue weighted by molar-refractivity contribution is -0.122. The minimum Gasteiger partial charge on any atom is -0.479 e. The first-order chi connectivity index (χ1) is 11.4. The molecule has 1 aromatic carbocycles. The zero-order valence-electron chi connectivity index (χ0n) is 13.6. The number of carbonyl (C=O) groups is 2. The first-order valence-electron chi connectivity index (χ1n) is 7.60. The summed E-state index contributed by atoms with van der Waals surface area (Å²) >= 11 is 1.34. The second-order valence-corrected chi connectivity index (χ2v) is 6.71. The lowest BCUT2D eigenvalue weighted by Crippen LogP contribution is -2.34. The van der Waals surface area contributed by atoms with Gasteiger partial charge in [0.2, 0.25) is 0 Å². The molecular weight excluding hydrogens is 328 g/mol. The fourth-order valence-corrected chi connectivity index (χ4v) is 3.62. The molecule has 0 radical (unpaired) electrons. The molecule has 7 heteroatoms. The molecule has 6 nitrogen and oxygen atoms in total. The number of hydrogen-bond donors (Lipinski definition) is 2. The molecule has 3 rings (SSSR count). The van der Waals surface area contributed by atoms with Crippen LogP contribution in [-0.2, 0) is 9.53 Å². The minimum atomic E-state index is -0.531. The van der Waals surface area contributed by atoms with Crippen LogP contribution in [0.15, 0.2) is 18.2 Å². The molecule has 0 aliphatic carbocycles. The molecule has 3 N–H and O–H groups in total. The van der Waals surface area contributed by atoms with Gasteiger partial charge in [0, 0.05) is 10.4 Å². The molecule has 0 spiro atoms. The van der Waals surface area contributed by atoms with Gasteiger partial charge in [0.05, 0.1) is 12.3 Å². The number of benzene rings is 1. The van der Waals surface area contributed by atoms with Gasteiger partial charge in [-0.2, -0.15) is 0 Å². The monoisotopic (exact) mass is 346 g/mol. The molecule has 1 aliphatic rings. The lowest BCUT2D eigenvalue weighted by Gasteiger charge is -2.23. The summed E-state index contributed by atoms with van der Waals surface area (Å²) in [7, 11) is 0. The number of esters is 1. The van der Waals surface area contributed by atoms with Crippen molar-refractivity contribution in [1.82, 2.24) is 0 Å². The minimum absolute atomic E-state index is 0.202. The van der Waals surface area contributed by atoms with Crippen molar-refractivity contribution in [2.75, 3.05) is 17.7 Å². The van der Waals surface area contributed by atoms with Gasteiger partial charge < -0.3 is 20.5 Å². The summed E-state index contributed by atoms with van der Waals surface area (Å²) in [6, 6.07) is 5.42. The topological polar surface area (TPSA) is 90.6 Å². The largest absolute Gasteiger partial charge is 0.479 e. The lowest BCUT2D eigenvalue weighted by atomic mass is 10.00. The van der Waals surface area contributed by atoms with Crippen LogP contribution < -0.4 is 15.8 Å². The van der Waals surface area contributed by atoms with Gasteiger partial charge >= 0.3 is 5.97 Å². The molecule has 2 aromatic rings. The smallest absolute Gasteiger partial charge is 0.341 e. The van der Waals surface area contributed by atoms with Crippen LogP contribution >= 0.6 is 11.3 Å². The van der Waals surface area contributed by atoms with E-state index >= 15 is 0 Å². The number of nitrogen functional groups attached to an aromatic ring is 1. The molecule has 0 fully saturated rings. The van der Waals surface area contributed by atoms with E-state index in [4.69, 9.17) is 15.2 Å². The highest BCUT2D eigenvalue weighted by Gasteiger charge is 2.26. The van der Waals surface area contributed by atoms with Crippen LogP contribution in [0.2, 0.25) is 0 Å². The number of carbonyl (C=O) groups excluding carboxylic acids is 2. The Morgan fingerprint density at radius 3 is 2.92 bits per heavy atom. The average Bonchev–Trinajstić information content (AvgIpc) is 2.82. The van der Waals surface area contributed by atoms with Crippen LogP contribution in [0.25, 0.3) is 11.1 Å². The van der Waals surface area contributed by atoms with E-state index in [0.29, 0.717) is 22.0 Å². The maximum Gasteiger partial charge on any atom is 0.341 e. The summed E-state index contributed by atoms with van der Waals surface area (Å²) in [5.74, 6) is -0.0443. The SMILES string of the molecule is CCOC(=O)c1c(N)sc(C)c1-c1ccc2c(c1)NC(=O)C(C)O2. The van der Waals surface area contributed by atoms with E-state index in [9.17, 15) is 9.59 Å². The zero-order valence-corrected chi connectivity index (χ0v) is 14.5. The van der Waals surface area contributed by atoms with Crippen molar-refractivity contribution in [2.24, 2.45) is 0 Å². The van der Waals surface area contributed by atoms with Crippen LogP contribution in [0.5, 0.6) is 5.75 Å². The molecule has 24 heavy (non-hydrogen) atoms. The quantitative estimate of drug-likeness (QED) is 0.833. The number of aryl methyl sites for hydroxylation is 1. The molecule has 126 valence electrons. The molecule has 1 amide bonds. The summed E-state index contributed by atoms with van der Waals surface area (Å²) in [6.45, 7) is 5.61. The van der Waals surface area contributed by atoms with E-state index in [1.165, 1.54) is 11.3 Å². The average molecular weight is 346 g/mol. The number of rotatable bonds is 3. The maximum atomic E-state index is 12.3. The second kappa shape index (κ2) is 6.16. The van der Waals surface area contributed by atoms with Crippen molar-refractivity contribution in [1.29, 1.82) is 0 Å². The molecule has 2 heterocycles. The normalized spacial score (nSPS) is 16.1. The number of nitrogens with two attached hydrogens (primary N) is 1. The van der Waals surface area contributed by atoms with Gasteiger partial charge in [-0.05, 0) is 38.5 Å². The van der Waals surface area contributed by atoms with Gasteiger partial charge in [-0.1, -0.05) is 6.07 Å². The van der Waals surface area contributed by atoms with E-state index in [-0.39, 0.29) is 12.5 Å². The molecule has 1 atom stereocenters.